The van der Waals surface area contributed by atoms with Gasteiger partial charge in [-0.15, -0.1) is 0 Å². The summed E-state index contributed by atoms with van der Waals surface area (Å²) in [6, 6.07) is 20.8. The van der Waals surface area contributed by atoms with Crippen molar-refractivity contribution >= 4 is 40.4 Å². The van der Waals surface area contributed by atoms with Gasteiger partial charge in [0.05, 0.1) is 25.5 Å². The van der Waals surface area contributed by atoms with Gasteiger partial charge in [-0.05, 0) is 42.0 Å². The molecule has 0 aromatic heterocycles. The zero-order chi connectivity index (χ0) is 22.0. The lowest BCUT2D eigenvalue weighted by atomic mass is 10.0. The Hall–Kier alpha value is -3.77. The number of hydrogen-bond acceptors (Lipinski definition) is 5. The Kier molecular flexibility index (Phi) is 5.64. The molecule has 1 aliphatic rings. The van der Waals surface area contributed by atoms with Crippen LogP contribution in [0.5, 0.6) is 11.5 Å². The fourth-order valence-corrected chi connectivity index (χ4v) is 3.53. The van der Waals surface area contributed by atoms with Gasteiger partial charge in [-0.2, -0.15) is 0 Å². The highest BCUT2D eigenvalue weighted by Crippen LogP contribution is 2.38. The number of amides is 2. The number of halogens is 1. The molecule has 31 heavy (non-hydrogen) atoms. The third kappa shape index (κ3) is 3.85. The van der Waals surface area contributed by atoms with Crippen molar-refractivity contribution in [2.75, 3.05) is 24.4 Å². The standard InChI is InChI=1S/C24H19ClN2O4/c1-30-18-7-5-6-17(14-18)26-22-21(15-10-12-16(25)13-11-15)23(28)27(24(22)29)19-8-3-4-9-20(19)31-2/h3-14,26H,1-2H3. The third-order valence-electron chi connectivity index (χ3n) is 4.88. The highest BCUT2D eigenvalue weighted by Gasteiger charge is 2.41. The Labute approximate surface area is 184 Å². The normalized spacial score (nSPS) is 13.6. The second-order valence-electron chi connectivity index (χ2n) is 6.73. The lowest BCUT2D eigenvalue weighted by Gasteiger charge is -2.18. The van der Waals surface area contributed by atoms with Crippen molar-refractivity contribution in [3.05, 3.63) is 89.1 Å². The number of methoxy groups -OCH3 is 2. The predicted octanol–water partition coefficient (Wildman–Crippen LogP) is 4.75. The van der Waals surface area contributed by atoms with Gasteiger partial charge in [-0.25, -0.2) is 4.90 Å². The van der Waals surface area contributed by atoms with Crippen molar-refractivity contribution < 1.29 is 19.1 Å². The average molecular weight is 435 g/mol. The van der Waals surface area contributed by atoms with E-state index in [0.29, 0.717) is 33.5 Å². The summed E-state index contributed by atoms with van der Waals surface area (Å²) < 4.78 is 10.6. The zero-order valence-corrected chi connectivity index (χ0v) is 17.6. The minimum Gasteiger partial charge on any atom is -0.497 e. The van der Waals surface area contributed by atoms with E-state index in [0.717, 1.165) is 4.90 Å². The molecule has 0 atom stereocenters. The summed E-state index contributed by atoms with van der Waals surface area (Å²) in [7, 11) is 3.05. The number of hydrogen-bond donors (Lipinski definition) is 1. The molecule has 3 aromatic carbocycles. The SMILES string of the molecule is COc1cccc(NC2=C(c3ccc(Cl)cc3)C(=O)N(c3ccccc3OC)C2=O)c1. The van der Waals surface area contributed by atoms with E-state index >= 15 is 0 Å². The van der Waals surface area contributed by atoms with Gasteiger partial charge < -0.3 is 14.8 Å². The average Bonchev–Trinajstić information content (AvgIpc) is 3.03. The summed E-state index contributed by atoms with van der Waals surface area (Å²) in [5, 5.41) is 3.64. The van der Waals surface area contributed by atoms with Gasteiger partial charge in [0.15, 0.2) is 0 Å². The van der Waals surface area contributed by atoms with Gasteiger partial charge in [-0.1, -0.05) is 41.9 Å². The smallest absolute Gasteiger partial charge is 0.282 e. The quantitative estimate of drug-likeness (QED) is 0.567. The van der Waals surface area contributed by atoms with Gasteiger partial charge >= 0.3 is 0 Å². The Balaban J connectivity index is 1.84. The van der Waals surface area contributed by atoms with E-state index < -0.39 is 11.8 Å². The van der Waals surface area contributed by atoms with Gasteiger partial charge in [0.25, 0.3) is 11.8 Å². The Bertz CT molecular complexity index is 1190. The van der Waals surface area contributed by atoms with Crippen molar-refractivity contribution in [3.8, 4) is 11.5 Å². The van der Waals surface area contributed by atoms with Crippen LogP contribution in [0.15, 0.2) is 78.5 Å². The highest BCUT2D eigenvalue weighted by atomic mass is 35.5. The van der Waals surface area contributed by atoms with Crippen molar-refractivity contribution in [2.45, 2.75) is 0 Å². The van der Waals surface area contributed by atoms with Crippen LogP contribution >= 0.6 is 11.6 Å². The van der Waals surface area contributed by atoms with E-state index in [9.17, 15) is 9.59 Å². The first-order valence-corrected chi connectivity index (χ1v) is 9.84. The van der Waals surface area contributed by atoms with Crippen molar-refractivity contribution in [3.63, 3.8) is 0 Å². The molecule has 0 saturated carbocycles. The topological polar surface area (TPSA) is 67.9 Å². The Morgan fingerprint density at radius 1 is 0.839 bits per heavy atom. The molecule has 0 bridgehead atoms. The van der Waals surface area contributed by atoms with Crippen LogP contribution in [0.2, 0.25) is 5.02 Å². The van der Waals surface area contributed by atoms with Crippen LogP contribution in [-0.4, -0.2) is 26.0 Å². The molecular formula is C24H19ClN2O4. The molecular weight excluding hydrogens is 416 g/mol. The van der Waals surface area contributed by atoms with Gasteiger partial charge in [0.1, 0.15) is 17.2 Å². The van der Waals surface area contributed by atoms with E-state index in [4.69, 9.17) is 21.1 Å². The molecule has 0 unspecified atom stereocenters. The van der Waals surface area contributed by atoms with Crippen molar-refractivity contribution in [1.29, 1.82) is 0 Å². The number of carbonyl (C=O) groups is 2. The molecule has 1 aliphatic heterocycles. The first kappa shape index (κ1) is 20.5. The largest absolute Gasteiger partial charge is 0.497 e. The lowest BCUT2D eigenvalue weighted by Crippen LogP contribution is -2.32. The number of benzene rings is 3. The second-order valence-corrected chi connectivity index (χ2v) is 7.17. The molecule has 1 N–H and O–H groups in total. The monoisotopic (exact) mass is 434 g/mol. The molecule has 4 rings (SSSR count). The van der Waals surface area contributed by atoms with Gasteiger partial charge in [-0.3, -0.25) is 9.59 Å². The highest BCUT2D eigenvalue weighted by molar-refractivity contribution is 6.46. The minimum absolute atomic E-state index is 0.159. The predicted molar refractivity (Wildman–Crippen MR) is 120 cm³/mol. The number of imide groups is 1. The summed E-state index contributed by atoms with van der Waals surface area (Å²) in [4.78, 5) is 28.1. The van der Waals surface area contributed by atoms with E-state index in [-0.39, 0.29) is 11.3 Å². The second kappa shape index (κ2) is 8.53. The summed E-state index contributed by atoms with van der Waals surface area (Å²) >= 11 is 6.02. The molecule has 0 radical (unpaired) electrons. The molecule has 0 spiro atoms. The van der Waals surface area contributed by atoms with Crippen LogP contribution in [0.4, 0.5) is 11.4 Å². The third-order valence-corrected chi connectivity index (χ3v) is 5.13. The maximum absolute atomic E-state index is 13.5. The molecule has 3 aromatic rings. The number of para-hydroxylation sites is 2. The molecule has 0 aliphatic carbocycles. The number of anilines is 2. The van der Waals surface area contributed by atoms with E-state index in [1.54, 1.807) is 79.9 Å². The number of ether oxygens (including phenoxy) is 2. The number of carbonyl (C=O) groups excluding carboxylic acids is 2. The summed E-state index contributed by atoms with van der Waals surface area (Å²) in [6.45, 7) is 0. The van der Waals surface area contributed by atoms with Crippen LogP contribution in [-0.2, 0) is 9.59 Å². The van der Waals surface area contributed by atoms with Crippen LogP contribution in [0, 0.1) is 0 Å². The summed E-state index contributed by atoms with van der Waals surface area (Å²) in [5.74, 6) is 0.101. The number of nitrogens with one attached hydrogen (secondary N) is 1. The van der Waals surface area contributed by atoms with Gasteiger partial charge in [0, 0.05) is 16.8 Å². The van der Waals surface area contributed by atoms with Crippen LogP contribution in [0.25, 0.3) is 5.57 Å². The van der Waals surface area contributed by atoms with Crippen LogP contribution in [0.3, 0.4) is 0 Å². The van der Waals surface area contributed by atoms with Gasteiger partial charge in [0.2, 0.25) is 0 Å². The van der Waals surface area contributed by atoms with Crippen molar-refractivity contribution in [1.82, 2.24) is 0 Å². The fourth-order valence-electron chi connectivity index (χ4n) is 3.41. The molecule has 2 amide bonds. The zero-order valence-electron chi connectivity index (χ0n) is 16.9. The minimum atomic E-state index is -0.484. The molecule has 7 heteroatoms. The maximum Gasteiger partial charge on any atom is 0.282 e. The van der Waals surface area contributed by atoms with Crippen molar-refractivity contribution in [2.24, 2.45) is 0 Å². The fraction of sp³-hybridized carbons (Fsp3) is 0.0833. The molecule has 6 nitrogen and oxygen atoms in total. The molecule has 0 fully saturated rings. The van der Waals surface area contributed by atoms with E-state index in [1.807, 2.05) is 0 Å². The van der Waals surface area contributed by atoms with Crippen LogP contribution in [0.1, 0.15) is 5.56 Å². The Morgan fingerprint density at radius 2 is 1.58 bits per heavy atom. The first-order chi connectivity index (χ1) is 15.0. The Morgan fingerprint density at radius 3 is 2.29 bits per heavy atom. The first-order valence-electron chi connectivity index (χ1n) is 9.46. The lowest BCUT2D eigenvalue weighted by molar-refractivity contribution is -0.120. The molecule has 156 valence electrons. The maximum atomic E-state index is 13.5. The molecule has 0 saturated heterocycles. The summed E-state index contributed by atoms with van der Waals surface area (Å²) in [6.07, 6.45) is 0. The molecule has 1 heterocycles. The van der Waals surface area contributed by atoms with E-state index in [1.165, 1.54) is 7.11 Å². The number of rotatable bonds is 6. The van der Waals surface area contributed by atoms with E-state index in [2.05, 4.69) is 5.32 Å². The number of nitrogens with zero attached hydrogens (tertiary/aromatic N) is 1. The summed E-state index contributed by atoms with van der Waals surface area (Å²) in [5.41, 5.74) is 1.96. The van der Waals surface area contributed by atoms with Crippen LogP contribution < -0.4 is 19.7 Å².